The summed E-state index contributed by atoms with van der Waals surface area (Å²) in [5.41, 5.74) is 6.23. The molecule has 15 heavy (non-hydrogen) atoms. The third-order valence-corrected chi connectivity index (χ3v) is 3.66. The number of nitrogens with zero attached hydrogens (tertiary/aromatic N) is 1. The van der Waals surface area contributed by atoms with E-state index in [1.165, 1.54) is 45.2 Å². The largest absolute Gasteiger partial charge is 0.329 e. The summed E-state index contributed by atoms with van der Waals surface area (Å²) in [4.78, 5) is 2.64. The molecule has 1 saturated heterocycles. The highest BCUT2D eigenvalue weighted by Crippen LogP contribution is 2.25. The van der Waals surface area contributed by atoms with Crippen LogP contribution in [-0.2, 0) is 0 Å². The van der Waals surface area contributed by atoms with Crippen molar-refractivity contribution in [2.75, 3.05) is 19.6 Å². The lowest BCUT2D eigenvalue weighted by molar-refractivity contribution is 0.0929. The van der Waals surface area contributed by atoms with E-state index in [2.05, 4.69) is 25.7 Å². The standard InChI is InChI=1S/C13H28N2/c1-12(2)10-13(3,11-14)15-8-6-4-5-7-9-15/h12H,4-11,14H2,1-3H3. The molecular weight excluding hydrogens is 184 g/mol. The van der Waals surface area contributed by atoms with Crippen molar-refractivity contribution in [3.05, 3.63) is 0 Å². The predicted molar refractivity (Wildman–Crippen MR) is 67.0 cm³/mol. The zero-order chi connectivity index (χ0) is 11.3. The van der Waals surface area contributed by atoms with Crippen molar-refractivity contribution in [2.24, 2.45) is 11.7 Å². The van der Waals surface area contributed by atoms with Gasteiger partial charge in [-0.25, -0.2) is 0 Å². The van der Waals surface area contributed by atoms with Crippen LogP contribution in [0.25, 0.3) is 0 Å². The fourth-order valence-corrected chi connectivity index (χ4v) is 2.83. The van der Waals surface area contributed by atoms with Crippen molar-refractivity contribution in [1.82, 2.24) is 4.90 Å². The predicted octanol–water partition coefficient (Wildman–Crippen LogP) is 2.63. The Morgan fingerprint density at radius 3 is 2.07 bits per heavy atom. The monoisotopic (exact) mass is 212 g/mol. The van der Waals surface area contributed by atoms with Gasteiger partial charge in [-0.15, -0.1) is 0 Å². The van der Waals surface area contributed by atoms with Gasteiger partial charge in [-0.1, -0.05) is 26.7 Å². The average molecular weight is 212 g/mol. The van der Waals surface area contributed by atoms with Crippen LogP contribution in [0, 0.1) is 5.92 Å². The maximum absolute atomic E-state index is 6.00. The van der Waals surface area contributed by atoms with Crippen LogP contribution in [0.15, 0.2) is 0 Å². The van der Waals surface area contributed by atoms with E-state index in [4.69, 9.17) is 5.73 Å². The second-order valence-electron chi connectivity index (χ2n) is 5.70. The molecular formula is C13H28N2. The number of nitrogens with two attached hydrogens (primary N) is 1. The maximum Gasteiger partial charge on any atom is 0.0306 e. The minimum atomic E-state index is 0.235. The summed E-state index contributed by atoms with van der Waals surface area (Å²) in [7, 11) is 0. The van der Waals surface area contributed by atoms with Gasteiger partial charge in [-0.2, -0.15) is 0 Å². The molecule has 0 bridgehead atoms. The maximum atomic E-state index is 6.00. The molecule has 0 aromatic carbocycles. The highest BCUT2D eigenvalue weighted by atomic mass is 15.2. The molecule has 1 atom stereocenters. The van der Waals surface area contributed by atoms with Crippen LogP contribution in [-0.4, -0.2) is 30.1 Å². The Labute approximate surface area is 95.2 Å². The van der Waals surface area contributed by atoms with E-state index in [0.29, 0.717) is 0 Å². The summed E-state index contributed by atoms with van der Waals surface area (Å²) in [6.45, 7) is 10.2. The Morgan fingerprint density at radius 2 is 1.67 bits per heavy atom. The van der Waals surface area contributed by atoms with Crippen molar-refractivity contribution in [3.8, 4) is 0 Å². The molecule has 0 spiro atoms. The molecule has 0 saturated carbocycles. The summed E-state index contributed by atoms with van der Waals surface area (Å²) >= 11 is 0. The smallest absolute Gasteiger partial charge is 0.0306 e. The van der Waals surface area contributed by atoms with Gasteiger partial charge in [-0.05, 0) is 45.2 Å². The van der Waals surface area contributed by atoms with Gasteiger partial charge < -0.3 is 5.73 Å². The van der Waals surface area contributed by atoms with Gasteiger partial charge in [0.25, 0.3) is 0 Å². The van der Waals surface area contributed by atoms with Crippen LogP contribution in [0.1, 0.15) is 52.9 Å². The van der Waals surface area contributed by atoms with Gasteiger partial charge in [-0.3, -0.25) is 4.90 Å². The number of hydrogen-bond donors (Lipinski definition) is 1. The van der Waals surface area contributed by atoms with E-state index in [-0.39, 0.29) is 5.54 Å². The van der Waals surface area contributed by atoms with Crippen LogP contribution in [0.5, 0.6) is 0 Å². The van der Waals surface area contributed by atoms with Crippen molar-refractivity contribution in [1.29, 1.82) is 0 Å². The molecule has 0 aliphatic carbocycles. The van der Waals surface area contributed by atoms with Crippen molar-refractivity contribution in [2.45, 2.75) is 58.4 Å². The second kappa shape index (κ2) is 5.86. The zero-order valence-corrected chi connectivity index (χ0v) is 10.8. The highest BCUT2D eigenvalue weighted by Gasteiger charge is 2.31. The van der Waals surface area contributed by atoms with E-state index >= 15 is 0 Å². The molecule has 2 nitrogen and oxygen atoms in total. The Hall–Kier alpha value is -0.0800. The lowest BCUT2D eigenvalue weighted by Crippen LogP contribution is -2.52. The van der Waals surface area contributed by atoms with Crippen LogP contribution < -0.4 is 5.73 Å². The Morgan fingerprint density at radius 1 is 1.13 bits per heavy atom. The molecule has 2 N–H and O–H groups in total. The van der Waals surface area contributed by atoms with Crippen LogP contribution in [0.3, 0.4) is 0 Å². The third kappa shape index (κ3) is 3.76. The first-order valence-corrected chi connectivity index (χ1v) is 6.53. The fourth-order valence-electron chi connectivity index (χ4n) is 2.83. The Kier molecular flexibility index (Phi) is 5.07. The molecule has 0 aromatic rings. The van der Waals surface area contributed by atoms with Crippen molar-refractivity contribution >= 4 is 0 Å². The molecule has 90 valence electrons. The van der Waals surface area contributed by atoms with E-state index in [9.17, 15) is 0 Å². The molecule has 0 aromatic heterocycles. The van der Waals surface area contributed by atoms with Gasteiger partial charge in [0.1, 0.15) is 0 Å². The summed E-state index contributed by atoms with van der Waals surface area (Å²) in [6.07, 6.45) is 6.74. The summed E-state index contributed by atoms with van der Waals surface area (Å²) < 4.78 is 0. The van der Waals surface area contributed by atoms with Crippen LogP contribution in [0.4, 0.5) is 0 Å². The molecule has 1 fully saturated rings. The fraction of sp³-hybridized carbons (Fsp3) is 1.00. The quantitative estimate of drug-likeness (QED) is 0.776. The minimum absolute atomic E-state index is 0.235. The molecule has 1 rings (SSSR count). The van der Waals surface area contributed by atoms with Crippen LogP contribution >= 0.6 is 0 Å². The van der Waals surface area contributed by atoms with Gasteiger partial charge in [0.2, 0.25) is 0 Å². The molecule has 0 radical (unpaired) electrons. The van der Waals surface area contributed by atoms with Crippen molar-refractivity contribution < 1.29 is 0 Å². The van der Waals surface area contributed by atoms with Gasteiger partial charge in [0.15, 0.2) is 0 Å². The number of rotatable bonds is 4. The second-order valence-corrected chi connectivity index (χ2v) is 5.70. The van der Waals surface area contributed by atoms with E-state index < -0.39 is 0 Å². The van der Waals surface area contributed by atoms with E-state index in [1.807, 2.05) is 0 Å². The van der Waals surface area contributed by atoms with E-state index in [0.717, 1.165) is 12.5 Å². The summed E-state index contributed by atoms with van der Waals surface area (Å²) in [6, 6.07) is 0. The Balaban J connectivity index is 2.60. The Bertz CT molecular complexity index is 171. The molecule has 1 heterocycles. The topological polar surface area (TPSA) is 29.3 Å². The first kappa shape index (κ1) is 13.0. The summed E-state index contributed by atoms with van der Waals surface area (Å²) in [5, 5.41) is 0. The van der Waals surface area contributed by atoms with Gasteiger partial charge in [0.05, 0.1) is 0 Å². The van der Waals surface area contributed by atoms with E-state index in [1.54, 1.807) is 0 Å². The SMILES string of the molecule is CC(C)CC(C)(CN)N1CCCCCC1. The lowest BCUT2D eigenvalue weighted by Gasteiger charge is -2.41. The highest BCUT2D eigenvalue weighted by molar-refractivity contribution is 4.89. The zero-order valence-electron chi connectivity index (χ0n) is 10.8. The number of hydrogen-bond acceptors (Lipinski definition) is 2. The normalized spacial score (nSPS) is 23.8. The van der Waals surface area contributed by atoms with Gasteiger partial charge >= 0.3 is 0 Å². The molecule has 1 aliphatic rings. The minimum Gasteiger partial charge on any atom is -0.329 e. The first-order valence-electron chi connectivity index (χ1n) is 6.53. The van der Waals surface area contributed by atoms with Gasteiger partial charge in [0, 0.05) is 12.1 Å². The number of likely N-dealkylation sites (tertiary alicyclic amines) is 1. The molecule has 1 aliphatic heterocycles. The third-order valence-electron chi connectivity index (χ3n) is 3.66. The molecule has 1 unspecified atom stereocenters. The molecule has 2 heteroatoms. The van der Waals surface area contributed by atoms with Crippen LogP contribution in [0.2, 0.25) is 0 Å². The first-order chi connectivity index (χ1) is 7.08. The van der Waals surface area contributed by atoms with Crippen molar-refractivity contribution in [3.63, 3.8) is 0 Å². The molecule has 0 amide bonds. The lowest BCUT2D eigenvalue weighted by atomic mass is 9.88. The summed E-state index contributed by atoms with van der Waals surface area (Å²) in [5.74, 6) is 0.738. The average Bonchev–Trinajstić information content (AvgIpc) is 2.44.